The van der Waals surface area contributed by atoms with Crippen molar-refractivity contribution in [2.24, 2.45) is 0 Å². The fraction of sp³-hybridized carbons (Fsp3) is 0.800. The standard InChI is InChI=1S/C5H11NOS/c1-4-8-5(7)6(2)3/h4H2,1-3H3. The predicted octanol–water partition coefficient (Wildman–Crippen LogP) is 1.42. The molecule has 0 atom stereocenters. The van der Waals surface area contributed by atoms with Crippen LogP contribution in [0, 0.1) is 0 Å². The van der Waals surface area contributed by atoms with Gasteiger partial charge < -0.3 is 4.90 Å². The molecular formula is C5H11NOS. The Kier molecular flexibility index (Phi) is 3.69. The van der Waals surface area contributed by atoms with Crippen LogP contribution < -0.4 is 0 Å². The van der Waals surface area contributed by atoms with Gasteiger partial charge in [-0.3, -0.25) is 4.79 Å². The molecule has 0 aromatic heterocycles. The Labute approximate surface area is 54.2 Å². The highest BCUT2D eigenvalue weighted by atomic mass is 32.2. The number of nitrogens with zero attached hydrogens (tertiary/aromatic N) is 1. The third kappa shape index (κ3) is 2.91. The van der Waals surface area contributed by atoms with Crippen LogP contribution in [0.25, 0.3) is 0 Å². The van der Waals surface area contributed by atoms with Crippen molar-refractivity contribution in [2.45, 2.75) is 6.92 Å². The Morgan fingerprint density at radius 1 is 1.62 bits per heavy atom. The number of amides is 1. The predicted molar refractivity (Wildman–Crippen MR) is 37.2 cm³/mol. The zero-order valence-electron chi connectivity index (χ0n) is 5.47. The van der Waals surface area contributed by atoms with Crippen molar-refractivity contribution in [1.82, 2.24) is 4.90 Å². The van der Waals surface area contributed by atoms with E-state index in [4.69, 9.17) is 0 Å². The van der Waals surface area contributed by atoms with E-state index in [1.165, 1.54) is 11.8 Å². The maximum absolute atomic E-state index is 10.6. The Balaban J connectivity index is 3.33. The van der Waals surface area contributed by atoms with Crippen LogP contribution in [0.3, 0.4) is 0 Å². The molecule has 0 aromatic rings. The second-order valence-corrected chi connectivity index (χ2v) is 2.81. The van der Waals surface area contributed by atoms with E-state index in [1.807, 2.05) is 6.92 Å². The minimum atomic E-state index is 0.132. The van der Waals surface area contributed by atoms with E-state index in [2.05, 4.69) is 0 Å². The summed E-state index contributed by atoms with van der Waals surface area (Å²) >= 11 is 1.33. The molecule has 2 nitrogen and oxygen atoms in total. The first kappa shape index (κ1) is 7.82. The fourth-order valence-corrected chi connectivity index (χ4v) is 0.758. The molecule has 0 N–H and O–H groups in total. The summed E-state index contributed by atoms with van der Waals surface area (Å²) in [5.74, 6) is 0.858. The first-order chi connectivity index (χ1) is 3.68. The third-order valence-corrected chi connectivity index (χ3v) is 1.53. The Hall–Kier alpha value is -0.180. The molecule has 1 amide bonds. The van der Waals surface area contributed by atoms with Crippen LogP contribution >= 0.6 is 11.8 Å². The van der Waals surface area contributed by atoms with E-state index in [0.717, 1.165) is 5.75 Å². The summed E-state index contributed by atoms with van der Waals surface area (Å²) in [4.78, 5) is 12.2. The van der Waals surface area contributed by atoms with Crippen LogP contribution in [0.5, 0.6) is 0 Å². The first-order valence-corrected chi connectivity index (χ1v) is 3.51. The van der Waals surface area contributed by atoms with Crippen molar-refractivity contribution < 1.29 is 4.79 Å². The van der Waals surface area contributed by atoms with E-state index < -0.39 is 0 Å². The van der Waals surface area contributed by atoms with Gasteiger partial charge in [-0.15, -0.1) is 0 Å². The van der Waals surface area contributed by atoms with Crippen molar-refractivity contribution in [3.8, 4) is 0 Å². The molecule has 0 saturated heterocycles. The number of carbonyl (C=O) groups is 1. The molecule has 0 aliphatic rings. The maximum Gasteiger partial charge on any atom is 0.281 e. The summed E-state index contributed by atoms with van der Waals surface area (Å²) in [7, 11) is 3.51. The second kappa shape index (κ2) is 3.78. The lowest BCUT2D eigenvalue weighted by Gasteiger charge is -2.06. The van der Waals surface area contributed by atoms with Crippen LogP contribution in [-0.2, 0) is 0 Å². The van der Waals surface area contributed by atoms with Crippen molar-refractivity contribution in [2.75, 3.05) is 19.8 Å². The minimum Gasteiger partial charge on any atom is -0.340 e. The first-order valence-electron chi connectivity index (χ1n) is 2.52. The molecule has 48 valence electrons. The summed E-state index contributed by atoms with van der Waals surface area (Å²) in [6.45, 7) is 1.96. The Morgan fingerprint density at radius 3 is 2.25 bits per heavy atom. The highest BCUT2D eigenvalue weighted by Crippen LogP contribution is 2.02. The van der Waals surface area contributed by atoms with Crippen LogP contribution in [0.1, 0.15) is 6.92 Å². The fourth-order valence-electron chi connectivity index (χ4n) is 0.253. The normalized spacial score (nSPS) is 8.88. The Morgan fingerprint density at radius 2 is 2.12 bits per heavy atom. The number of hydrogen-bond acceptors (Lipinski definition) is 2. The van der Waals surface area contributed by atoms with Gasteiger partial charge in [-0.2, -0.15) is 0 Å². The lowest BCUT2D eigenvalue weighted by molar-refractivity contribution is 0.241. The molecule has 0 saturated carbocycles. The molecule has 0 radical (unpaired) electrons. The number of rotatable bonds is 1. The van der Waals surface area contributed by atoms with Gasteiger partial charge in [-0.1, -0.05) is 18.7 Å². The average Bonchev–Trinajstić information content (AvgIpc) is 1.67. The molecule has 0 rings (SSSR count). The molecule has 8 heavy (non-hydrogen) atoms. The summed E-state index contributed by atoms with van der Waals surface area (Å²) in [6, 6.07) is 0. The molecule has 0 spiro atoms. The molecule has 0 aromatic carbocycles. The van der Waals surface area contributed by atoms with Gasteiger partial charge >= 0.3 is 0 Å². The van der Waals surface area contributed by atoms with Crippen molar-refractivity contribution in [3.05, 3.63) is 0 Å². The number of thioether (sulfide) groups is 1. The van der Waals surface area contributed by atoms with Crippen LogP contribution in [0.15, 0.2) is 0 Å². The van der Waals surface area contributed by atoms with Crippen molar-refractivity contribution in [1.29, 1.82) is 0 Å². The lowest BCUT2D eigenvalue weighted by atomic mass is 11.0. The molecule has 0 aliphatic carbocycles. The summed E-state index contributed by atoms with van der Waals surface area (Å²) in [5.41, 5.74) is 0. The summed E-state index contributed by atoms with van der Waals surface area (Å²) < 4.78 is 0. The highest BCUT2D eigenvalue weighted by Gasteiger charge is 1.99. The van der Waals surface area contributed by atoms with Crippen molar-refractivity contribution in [3.63, 3.8) is 0 Å². The molecule has 0 fully saturated rings. The average molecular weight is 133 g/mol. The van der Waals surface area contributed by atoms with E-state index in [1.54, 1.807) is 19.0 Å². The van der Waals surface area contributed by atoms with Gasteiger partial charge in [0.25, 0.3) is 5.24 Å². The van der Waals surface area contributed by atoms with Gasteiger partial charge in [0.05, 0.1) is 0 Å². The largest absolute Gasteiger partial charge is 0.340 e. The number of hydrogen-bond donors (Lipinski definition) is 0. The molecular weight excluding hydrogens is 122 g/mol. The van der Waals surface area contributed by atoms with Gasteiger partial charge in [-0.05, 0) is 5.75 Å². The molecule has 3 heteroatoms. The smallest absolute Gasteiger partial charge is 0.281 e. The van der Waals surface area contributed by atoms with E-state index >= 15 is 0 Å². The lowest BCUT2D eigenvalue weighted by Crippen LogP contribution is -2.16. The zero-order valence-corrected chi connectivity index (χ0v) is 6.29. The van der Waals surface area contributed by atoms with E-state index in [9.17, 15) is 4.79 Å². The molecule has 0 heterocycles. The Bertz CT molecular complexity index is 82.5. The van der Waals surface area contributed by atoms with Gasteiger partial charge in [-0.25, -0.2) is 0 Å². The third-order valence-electron chi connectivity index (χ3n) is 0.633. The summed E-state index contributed by atoms with van der Waals surface area (Å²) in [5, 5.41) is 0.132. The molecule has 0 bridgehead atoms. The highest BCUT2D eigenvalue weighted by molar-refractivity contribution is 8.13. The van der Waals surface area contributed by atoms with Gasteiger partial charge in [0.2, 0.25) is 0 Å². The van der Waals surface area contributed by atoms with Gasteiger partial charge in [0, 0.05) is 14.1 Å². The topological polar surface area (TPSA) is 20.3 Å². The van der Waals surface area contributed by atoms with Crippen LogP contribution in [0.4, 0.5) is 4.79 Å². The maximum atomic E-state index is 10.6. The SMILES string of the molecule is CCSC(=O)N(C)C. The van der Waals surface area contributed by atoms with Gasteiger partial charge in [0.1, 0.15) is 0 Å². The van der Waals surface area contributed by atoms with Crippen molar-refractivity contribution >= 4 is 17.0 Å². The molecule has 0 aliphatic heterocycles. The monoisotopic (exact) mass is 133 g/mol. The minimum absolute atomic E-state index is 0.132. The second-order valence-electron chi connectivity index (χ2n) is 1.59. The van der Waals surface area contributed by atoms with E-state index in [-0.39, 0.29) is 5.24 Å². The van der Waals surface area contributed by atoms with E-state index in [0.29, 0.717) is 0 Å². The van der Waals surface area contributed by atoms with Crippen LogP contribution in [0.2, 0.25) is 0 Å². The zero-order chi connectivity index (χ0) is 6.57. The van der Waals surface area contributed by atoms with Gasteiger partial charge in [0.15, 0.2) is 0 Å². The summed E-state index contributed by atoms with van der Waals surface area (Å²) in [6.07, 6.45) is 0. The molecule has 0 unspecified atom stereocenters. The quantitative estimate of drug-likeness (QED) is 0.539. The number of carbonyl (C=O) groups excluding carboxylic acids is 1. The van der Waals surface area contributed by atoms with Crippen LogP contribution in [-0.4, -0.2) is 30.0 Å².